The highest BCUT2D eigenvalue weighted by molar-refractivity contribution is 5.33. The maximum Gasteiger partial charge on any atom is 0.122 e. The van der Waals surface area contributed by atoms with E-state index in [4.69, 9.17) is 4.74 Å². The van der Waals surface area contributed by atoms with Crippen molar-refractivity contribution in [3.8, 4) is 5.75 Å². The largest absolute Gasteiger partial charge is 0.492 e. The van der Waals surface area contributed by atoms with Crippen LogP contribution in [0.5, 0.6) is 5.75 Å². The first-order valence-corrected chi connectivity index (χ1v) is 6.79. The molecule has 1 aliphatic rings. The molecule has 2 nitrogen and oxygen atoms in total. The lowest BCUT2D eigenvalue weighted by molar-refractivity contribution is 0.249. The summed E-state index contributed by atoms with van der Waals surface area (Å²) < 4.78 is 5.98. The minimum Gasteiger partial charge on any atom is -0.492 e. The van der Waals surface area contributed by atoms with E-state index in [0.717, 1.165) is 31.2 Å². The molecule has 1 saturated carbocycles. The average Bonchev–Trinajstić information content (AvgIpc) is 3.19. The smallest absolute Gasteiger partial charge is 0.122 e. The van der Waals surface area contributed by atoms with Crippen LogP contribution < -0.4 is 10.1 Å². The molecular weight excluding hydrogens is 210 g/mol. The molecule has 0 spiro atoms. The quantitative estimate of drug-likeness (QED) is 0.781. The molecule has 2 heteroatoms. The molecule has 0 aliphatic heterocycles. The Balaban J connectivity index is 1.91. The molecule has 1 aromatic rings. The molecule has 0 heterocycles. The van der Waals surface area contributed by atoms with Crippen LogP contribution in [0.4, 0.5) is 0 Å². The summed E-state index contributed by atoms with van der Waals surface area (Å²) in [5, 5.41) is 3.53. The molecule has 0 radical (unpaired) electrons. The van der Waals surface area contributed by atoms with E-state index in [1.807, 2.05) is 6.07 Å². The van der Waals surface area contributed by atoms with Crippen LogP contribution in [-0.2, 0) is 6.42 Å². The van der Waals surface area contributed by atoms with E-state index in [2.05, 4.69) is 37.4 Å². The molecule has 0 amide bonds. The summed E-state index contributed by atoms with van der Waals surface area (Å²) >= 11 is 0. The zero-order valence-corrected chi connectivity index (χ0v) is 10.9. The number of rotatable bonds is 7. The van der Waals surface area contributed by atoms with E-state index in [-0.39, 0.29) is 0 Å². The van der Waals surface area contributed by atoms with Crippen LogP contribution in [0.25, 0.3) is 0 Å². The fraction of sp³-hybridized carbons (Fsp3) is 0.600. The summed E-state index contributed by atoms with van der Waals surface area (Å²) in [5.74, 6) is 1.89. The zero-order valence-electron chi connectivity index (χ0n) is 10.9. The Kier molecular flexibility index (Phi) is 4.43. The Morgan fingerprint density at radius 2 is 2.06 bits per heavy atom. The van der Waals surface area contributed by atoms with E-state index in [1.165, 1.54) is 18.4 Å². The Morgan fingerprint density at radius 1 is 1.29 bits per heavy atom. The molecule has 1 aliphatic carbocycles. The van der Waals surface area contributed by atoms with Gasteiger partial charge in [-0.25, -0.2) is 0 Å². The number of aryl methyl sites for hydroxylation is 1. The predicted molar refractivity (Wildman–Crippen MR) is 71.5 cm³/mol. The van der Waals surface area contributed by atoms with Gasteiger partial charge in [-0.2, -0.15) is 0 Å². The van der Waals surface area contributed by atoms with Gasteiger partial charge in [0.05, 0.1) is 0 Å². The predicted octanol–water partition coefficient (Wildman–Crippen LogP) is 3.02. The molecular formula is C15H23NO. The highest BCUT2D eigenvalue weighted by atomic mass is 16.5. The van der Waals surface area contributed by atoms with Crippen LogP contribution in [0.1, 0.15) is 32.3 Å². The minimum atomic E-state index is 0.532. The fourth-order valence-corrected chi connectivity index (χ4v) is 2.24. The van der Waals surface area contributed by atoms with Crippen molar-refractivity contribution in [3.63, 3.8) is 0 Å². The zero-order chi connectivity index (χ0) is 12.1. The van der Waals surface area contributed by atoms with Crippen molar-refractivity contribution >= 4 is 0 Å². The van der Waals surface area contributed by atoms with Gasteiger partial charge in [0.1, 0.15) is 12.4 Å². The van der Waals surface area contributed by atoms with E-state index >= 15 is 0 Å². The normalized spacial score (nSPS) is 16.8. The van der Waals surface area contributed by atoms with Gasteiger partial charge in [-0.1, -0.05) is 32.0 Å². The minimum absolute atomic E-state index is 0.532. The molecule has 2 rings (SSSR count). The highest BCUT2D eigenvalue weighted by Crippen LogP contribution is 2.33. The van der Waals surface area contributed by atoms with Crippen LogP contribution in [0.3, 0.4) is 0 Å². The van der Waals surface area contributed by atoms with Crippen LogP contribution >= 0.6 is 0 Å². The number of hydrogen-bond donors (Lipinski definition) is 1. The molecule has 94 valence electrons. The number of hydrogen-bond acceptors (Lipinski definition) is 2. The van der Waals surface area contributed by atoms with Gasteiger partial charge in [-0.3, -0.25) is 0 Å². The second-order valence-corrected chi connectivity index (χ2v) is 4.77. The summed E-state index contributed by atoms with van der Waals surface area (Å²) in [6, 6.07) is 8.89. The standard InChI is InChI=1S/C15H23NO/c1-3-12-7-5-6-8-15(12)17-11-14(16-4-2)13-9-10-13/h5-8,13-14,16H,3-4,9-11H2,1-2H3. The first kappa shape index (κ1) is 12.4. The second kappa shape index (κ2) is 6.06. The molecule has 1 unspecified atom stereocenters. The Hall–Kier alpha value is -1.02. The topological polar surface area (TPSA) is 21.3 Å². The molecule has 0 bridgehead atoms. The van der Waals surface area contributed by atoms with Crippen LogP contribution in [0.2, 0.25) is 0 Å². The third-order valence-electron chi connectivity index (χ3n) is 3.43. The lowest BCUT2D eigenvalue weighted by atomic mass is 10.1. The number of ether oxygens (including phenoxy) is 1. The summed E-state index contributed by atoms with van der Waals surface area (Å²) in [6.45, 7) is 6.16. The molecule has 1 atom stereocenters. The molecule has 1 N–H and O–H groups in total. The maximum atomic E-state index is 5.98. The van der Waals surface area contributed by atoms with Crippen molar-refractivity contribution in [3.05, 3.63) is 29.8 Å². The van der Waals surface area contributed by atoms with Gasteiger partial charge >= 0.3 is 0 Å². The Labute approximate surface area is 104 Å². The van der Waals surface area contributed by atoms with E-state index in [1.54, 1.807) is 0 Å². The average molecular weight is 233 g/mol. The summed E-state index contributed by atoms with van der Waals surface area (Å²) in [4.78, 5) is 0. The summed E-state index contributed by atoms with van der Waals surface area (Å²) in [7, 11) is 0. The van der Waals surface area contributed by atoms with E-state index < -0.39 is 0 Å². The number of benzene rings is 1. The number of para-hydroxylation sites is 1. The van der Waals surface area contributed by atoms with Gasteiger partial charge in [0.15, 0.2) is 0 Å². The monoisotopic (exact) mass is 233 g/mol. The lowest BCUT2D eigenvalue weighted by Gasteiger charge is -2.19. The summed E-state index contributed by atoms with van der Waals surface area (Å²) in [5.41, 5.74) is 1.30. The third-order valence-corrected chi connectivity index (χ3v) is 3.43. The maximum absolute atomic E-state index is 5.98. The van der Waals surface area contributed by atoms with Crippen LogP contribution in [0.15, 0.2) is 24.3 Å². The van der Waals surface area contributed by atoms with Crippen molar-refractivity contribution in [1.82, 2.24) is 5.32 Å². The summed E-state index contributed by atoms with van der Waals surface area (Å²) in [6.07, 6.45) is 3.75. The first-order chi connectivity index (χ1) is 8.35. The van der Waals surface area contributed by atoms with E-state index in [9.17, 15) is 0 Å². The molecule has 1 aromatic carbocycles. The second-order valence-electron chi connectivity index (χ2n) is 4.77. The van der Waals surface area contributed by atoms with Gasteiger partial charge in [0, 0.05) is 6.04 Å². The highest BCUT2D eigenvalue weighted by Gasteiger charge is 2.31. The van der Waals surface area contributed by atoms with Crippen LogP contribution in [0, 0.1) is 5.92 Å². The lowest BCUT2D eigenvalue weighted by Crippen LogP contribution is -2.36. The van der Waals surface area contributed by atoms with Crippen molar-refractivity contribution in [2.45, 2.75) is 39.2 Å². The van der Waals surface area contributed by atoms with Crippen molar-refractivity contribution in [2.24, 2.45) is 5.92 Å². The van der Waals surface area contributed by atoms with Crippen molar-refractivity contribution in [2.75, 3.05) is 13.2 Å². The van der Waals surface area contributed by atoms with Gasteiger partial charge in [0.25, 0.3) is 0 Å². The molecule has 1 fully saturated rings. The van der Waals surface area contributed by atoms with Gasteiger partial charge in [-0.15, -0.1) is 0 Å². The van der Waals surface area contributed by atoms with Gasteiger partial charge in [-0.05, 0) is 43.4 Å². The Bertz CT molecular complexity index is 347. The number of likely N-dealkylation sites (N-methyl/N-ethyl adjacent to an activating group) is 1. The van der Waals surface area contributed by atoms with E-state index in [0.29, 0.717) is 6.04 Å². The third kappa shape index (κ3) is 3.47. The molecule has 17 heavy (non-hydrogen) atoms. The number of nitrogens with one attached hydrogen (secondary N) is 1. The fourth-order valence-electron chi connectivity index (χ4n) is 2.24. The SMILES string of the molecule is CCNC(COc1ccccc1CC)C1CC1. The van der Waals surface area contributed by atoms with Crippen molar-refractivity contribution in [1.29, 1.82) is 0 Å². The van der Waals surface area contributed by atoms with Gasteiger partial charge < -0.3 is 10.1 Å². The Morgan fingerprint density at radius 3 is 2.71 bits per heavy atom. The molecule has 0 aromatic heterocycles. The van der Waals surface area contributed by atoms with Gasteiger partial charge in [0.2, 0.25) is 0 Å². The molecule has 0 saturated heterocycles. The first-order valence-electron chi connectivity index (χ1n) is 6.79. The van der Waals surface area contributed by atoms with Crippen LogP contribution in [-0.4, -0.2) is 19.2 Å². The van der Waals surface area contributed by atoms with Crippen molar-refractivity contribution < 1.29 is 4.74 Å².